The summed E-state index contributed by atoms with van der Waals surface area (Å²) >= 11 is 0.980. The Morgan fingerprint density at radius 3 is 2.37 bits per heavy atom. The van der Waals surface area contributed by atoms with Gasteiger partial charge in [-0.3, -0.25) is 9.52 Å². The Bertz CT molecular complexity index is 1220. The van der Waals surface area contributed by atoms with Crippen LogP contribution in [0.3, 0.4) is 0 Å². The molecule has 3 rings (SSSR count). The number of ether oxygens (including phenoxy) is 1. The number of nitrogens with zero attached hydrogens (tertiary/aromatic N) is 1. The molecule has 0 saturated heterocycles. The van der Waals surface area contributed by atoms with Crippen LogP contribution in [0.25, 0.3) is 0 Å². The number of thiazole rings is 1. The smallest absolute Gasteiger partial charge is 0.267 e. The van der Waals surface area contributed by atoms with E-state index in [2.05, 4.69) is 15.0 Å². The van der Waals surface area contributed by atoms with Crippen molar-refractivity contribution in [3.63, 3.8) is 0 Å². The van der Waals surface area contributed by atoms with Gasteiger partial charge < -0.3 is 10.1 Å². The summed E-state index contributed by atoms with van der Waals surface area (Å²) in [6.07, 6.45) is 0. The summed E-state index contributed by atoms with van der Waals surface area (Å²) in [4.78, 5) is 17.5. The van der Waals surface area contributed by atoms with Crippen molar-refractivity contribution in [2.45, 2.75) is 32.6 Å². The van der Waals surface area contributed by atoms with E-state index in [0.29, 0.717) is 27.6 Å². The molecule has 3 aromatic rings. The number of rotatable bonds is 6. The highest BCUT2D eigenvalue weighted by Crippen LogP contribution is 2.29. The number of carbonyl (C=O) groups is 1. The third-order valence-electron chi connectivity index (χ3n) is 4.45. The number of aryl methyl sites for hydroxylation is 4. The van der Waals surface area contributed by atoms with E-state index in [1.54, 1.807) is 38.1 Å². The molecule has 0 fully saturated rings. The van der Waals surface area contributed by atoms with Gasteiger partial charge in [0.15, 0.2) is 5.13 Å². The Balaban J connectivity index is 1.84. The number of carbonyl (C=O) groups excluding carboxylic acids is 1. The highest BCUT2D eigenvalue weighted by Gasteiger charge is 2.22. The van der Waals surface area contributed by atoms with E-state index in [1.165, 1.54) is 7.11 Å². The van der Waals surface area contributed by atoms with E-state index in [4.69, 9.17) is 4.74 Å². The Labute approximate surface area is 180 Å². The topological polar surface area (TPSA) is 97.4 Å². The quantitative estimate of drug-likeness (QED) is 0.585. The van der Waals surface area contributed by atoms with Crippen molar-refractivity contribution >= 4 is 38.1 Å². The standard InChI is InChI=1S/C21H23N3O4S2/c1-12-7-9-18(14(3)10-12)30(26,27)24-21-22-15(4)19(29-21)20(25)23-16-8-6-13(2)11-17(16)28-5/h6-11H,1-5H3,(H,22,24)(H,23,25). The second kappa shape index (κ2) is 8.45. The summed E-state index contributed by atoms with van der Waals surface area (Å²) < 4.78 is 33.3. The van der Waals surface area contributed by atoms with Crippen molar-refractivity contribution < 1.29 is 17.9 Å². The average molecular weight is 446 g/mol. The Morgan fingerprint density at radius 1 is 1.03 bits per heavy atom. The lowest BCUT2D eigenvalue weighted by Gasteiger charge is -2.10. The second-order valence-electron chi connectivity index (χ2n) is 6.97. The van der Waals surface area contributed by atoms with E-state index < -0.39 is 10.0 Å². The summed E-state index contributed by atoms with van der Waals surface area (Å²) in [5, 5.41) is 2.93. The summed E-state index contributed by atoms with van der Waals surface area (Å²) in [5.74, 6) is 0.158. The number of hydrogen-bond donors (Lipinski definition) is 2. The van der Waals surface area contributed by atoms with Gasteiger partial charge >= 0.3 is 0 Å². The lowest BCUT2D eigenvalue weighted by molar-refractivity contribution is 0.102. The fourth-order valence-corrected chi connectivity index (χ4v) is 5.33. The molecule has 30 heavy (non-hydrogen) atoms. The molecule has 0 bridgehead atoms. The molecule has 1 amide bonds. The van der Waals surface area contributed by atoms with Gasteiger partial charge in [0.25, 0.3) is 15.9 Å². The van der Waals surface area contributed by atoms with Gasteiger partial charge in [0, 0.05) is 0 Å². The minimum absolute atomic E-state index is 0.133. The van der Waals surface area contributed by atoms with E-state index in [0.717, 1.165) is 22.5 Å². The Morgan fingerprint density at radius 2 is 1.70 bits per heavy atom. The maximum absolute atomic E-state index is 12.8. The first-order valence-corrected chi connectivity index (χ1v) is 11.4. The van der Waals surface area contributed by atoms with Crippen molar-refractivity contribution in [3.8, 4) is 5.75 Å². The first-order valence-electron chi connectivity index (χ1n) is 9.14. The number of benzene rings is 2. The minimum Gasteiger partial charge on any atom is -0.495 e. The lowest BCUT2D eigenvalue weighted by atomic mass is 10.2. The summed E-state index contributed by atoms with van der Waals surface area (Å²) in [7, 11) is -2.29. The molecule has 1 heterocycles. The van der Waals surface area contributed by atoms with Gasteiger partial charge in [-0.25, -0.2) is 13.4 Å². The third-order valence-corrected chi connectivity index (χ3v) is 7.15. The first kappa shape index (κ1) is 21.8. The van der Waals surface area contributed by atoms with Crippen LogP contribution in [-0.2, 0) is 10.0 Å². The molecule has 0 aliphatic heterocycles. The van der Waals surface area contributed by atoms with Crippen molar-refractivity contribution in [3.05, 3.63) is 63.7 Å². The summed E-state index contributed by atoms with van der Waals surface area (Å²) in [6, 6.07) is 10.5. The maximum Gasteiger partial charge on any atom is 0.267 e. The number of sulfonamides is 1. The predicted octanol–water partition coefficient (Wildman–Crippen LogP) is 4.44. The number of aromatic nitrogens is 1. The lowest BCUT2D eigenvalue weighted by Crippen LogP contribution is -2.14. The van der Waals surface area contributed by atoms with Crippen molar-refractivity contribution in [2.24, 2.45) is 0 Å². The Kier molecular flexibility index (Phi) is 6.14. The van der Waals surface area contributed by atoms with Gasteiger partial charge in [0.1, 0.15) is 10.6 Å². The van der Waals surface area contributed by atoms with Crippen LogP contribution in [0.1, 0.15) is 32.1 Å². The molecule has 1 aromatic heterocycles. The van der Waals surface area contributed by atoms with Crippen LogP contribution in [0.15, 0.2) is 41.3 Å². The van der Waals surface area contributed by atoms with Gasteiger partial charge in [0.05, 0.1) is 23.4 Å². The van der Waals surface area contributed by atoms with Crippen LogP contribution in [0.5, 0.6) is 5.75 Å². The highest BCUT2D eigenvalue weighted by atomic mass is 32.2. The molecular weight excluding hydrogens is 422 g/mol. The molecule has 0 aliphatic rings. The number of anilines is 2. The van der Waals surface area contributed by atoms with Gasteiger partial charge in [0.2, 0.25) is 0 Å². The van der Waals surface area contributed by atoms with Crippen molar-refractivity contribution in [1.29, 1.82) is 0 Å². The zero-order valence-electron chi connectivity index (χ0n) is 17.4. The number of amides is 1. The fourth-order valence-electron chi connectivity index (χ4n) is 3.00. The second-order valence-corrected chi connectivity index (χ2v) is 9.62. The third kappa shape index (κ3) is 4.63. The van der Waals surface area contributed by atoms with Crippen LogP contribution >= 0.6 is 11.3 Å². The zero-order valence-corrected chi connectivity index (χ0v) is 19.0. The molecule has 0 atom stereocenters. The number of hydrogen-bond acceptors (Lipinski definition) is 6. The Hall–Kier alpha value is -2.91. The van der Waals surface area contributed by atoms with Crippen LogP contribution < -0.4 is 14.8 Å². The van der Waals surface area contributed by atoms with Gasteiger partial charge in [-0.1, -0.05) is 35.1 Å². The van der Waals surface area contributed by atoms with E-state index in [9.17, 15) is 13.2 Å². The maximum atomic E-state index is 12.8. The molecule has 0 unspecified atom stereocenters. The largest absolute Gasteiger partial charge is 0.495 e. The van der Waals surface area contributed by atoms with E-state index in [-0.39, 0.29) is 15.9 Å². The van der Waals surface area contributed by atoms with Crippen molar-refractivity contribution in [1.82, 2.24) is 4.98 Å². The first-order chi connectivity index (χ1) is 14.1. The monoisotopic (exact) mass is 445 g/mol. The molecule has 0 saturated carbocycles. The molecule has 0 spiro atoms. The molecule has 158 valence electrons. The molecule has 0 radical (unpaired) electrons. The molecule has 9 heteroatoms. The fraction of sp³-hybridized carbons (Fsp3) is 0.238. The van der Waals surface area contributed by atoms with Crippen LogP contribution in [0, 0.1) is 27.7 Å². The summed E-state index contributed by atoms with van der Waals surface area (Å²) in [5.41, 5.74) is 3.57. The normalized spacial score (nSPS) is 11.2. The van der Waals surface area contributed by atoms with Crippen LogP contribution in [0.4, 0.5) is 10.8 Å². The van der Waals surface area contributed by atoms with Gasteiger partial charge in [-0.15, -0.1) is 0 Å². The van der Waals surface area contributed by atoms with Gasteiger partial charge in [-0.2, -0.15) is 0 Å². The number of methoxy groups -OCH3 is 1. The van der Waals surface area contributed by atoms with Gasteiger partial charge in [-0.05, 0) is 57.0 Å². The zero-order chi connectivity index (χ0) is 22.1. The van der Waals surface area contributed by atoms with Crippen LogP contribution in [-0.4, -0.2) is 26.4 Å². The van der Waals surface area contributed by atoms with Crippen molar-refractivity contribution in [2.75, 3.05) is 17.1 Å². The SMILES string of the molecule is COc1cc(C)ccc1NC(=O)c1sc(NS(=O)(=O)c2ccc(C)cc2C)nc1C. The molecule has 2 aromatic carbocycles. The van der Waals surface area contributed by atoms with E-state index in [1.807, 2.05) is 26.0 Å². The average Bonchev–Trinajstić information content (AvgIpc) is 3.02. The van der Waals surface area contributed by atoms with E-state index >= 15 is 0 Å². The minimum atomic E-state index is -3.82. The summed E-state index contributed by atoms with van der Waals surface area (Å²) in [6.45, 7) is 7.22. The molecule has 7 nitrogen and oxygen atoms in total. The predicted molar refractivity (Wildman–Crippen MR) is 119 cm³/mol. The molecule has 0 aliphatic carbocycles. The number of nitrogens with one attached hydrogen (secondary N) is 2. The molecular formula is C21H23N3O4S2. The van der Waals surface area contributed by atoms with Crippen LogP contribution in [0.2, 0.25) is 0 Å². The molecule has 2 N–H and O–H groups in total. The highest BCUT2D eigenvalue weighted by molar-refractivity contribution is 7.93.